The smallest absolute Gasteiger partial charge is 0.254 e. The van der Waals surface area contributed by atoms with Gasteiger partial charge >= 0.3 is 0 Å². The molecule has 10 heteroatoms. The van der Waals surface area contributed by atoms with Crippen molar-refractivity contribution in [3.63, 3.8) is 0 Å². The second-order valence-corrected chi connectivity index (χ2v) is 9.91. The van der Waals surface area contributed by atoms with Crippen molar-refractivity contribution in [3.05, 3.63) is 76.8 Å². The molecule has 0 unspecified atom stereocenters. The molecule has 3 aromatic carbocycles. The predicted octanol–water partition coefficient (Wildman–Crippen LogP) is 4.60. The molecule has 0 atom stereocenters. The quantitative estimate of drug-likeness (QED) is 0.340. The third kappa shape index (κ3) is 3.78. The predicted molar refractivity (Wildman–Crippen MR) is 144 cm³/mol. The number of hydrogen-bond acceptors (Lipinski definition) is 7. The van der Waals surface area contributed by atoms with Gasteiger partial charge in [0.05, 0.1) is 5.52 Å². The van der Waals surface area contributed by atoms with Gasteiger partial charge in [0.25, 0.3) is 5.91 Å². The molecule has 0 N–H and O–H groups in total. The first-order valence-electron chi connectivity index (χ1n) is 12.4. The molecular formula is C28H23ClN6O3. The highest BCUT2D eigenvalue weighted by Crippen LogP contribution is 2.34. The molecule has 1 saturated heterocycles. The lowest BCUT2D eigenvalue weighted by molar-refractivity contribution is 0.0745. The molecule has 2 aromatic heterocycles. The average Bonchev–Trinajstić information content (AvgIpc) is 3.59. The Labute approximate surface area is 223 Å². The van der Waals surface area contributed by atoms with Crippen molar-refractivity contribution in [1.82, 2.24) is 24.5 Å². The monoisotopic (exact) mass is 526 g/mol. The fourth-order valence-corrected chi connectivity index (χ4v) is 5.26. The van der Waals surface area contributed by atoms with Crippen molar-refractivity contribution < 1.29 is 14.3 Å². The van der Waals surface area contributed by atoms with Crippen LogP contribution < -0.4 is 14.4 Å². The molecule has 2 aliphatic rings. The maximum atomic E-state index is 13.3. The third-order valence-corrected chi connectivity index (χ3v) is 7.26. The number of fused-ring (bicyclic) bond motifs is 4. The van der Waals surface area contributed by atoms with Gasteiger partial charge in [-0.25, -0.2) is 9.38 Å². The van der Waals surface area contributed by atoms with E-state index in [2.05, 4.69) is 34.2 Å². The zero-order valence-electron chi connectivity index (χ0n) is 20.6. The first-order valence-corrected chi connectivity index (χ1v) is 12.8. The fourth-order valence-electron chi connectivity index (χ4n) is 5.10. The number of piperazine rings is 1. The van der Waals surface area contributed by atoms with Crippen molar-refractivity contribution in [2.45, 2.75) is 6.92 Å². The minimum absolute atomic E-state index is 0.0314. The van der Waals surface area contributed by atoms with Crippen LogP contribution in [0.5, 0.6) is 11.5 Å². The van der Waals surface area contributed by atoms with E-state index in [-0.39, 0.29) is 12.7 Å². The summed E-state index contributed by atoms with van der Waals surface area (Å²) in [6, 6.07) is 19.1. The van der Waals surface area contributed by atoms with Crippen LogP contribution in [0.1, 0.15) is 15.9 Å². The molecule has 2 aliphatic heterocycles. The fraction of sp³-hybridized carbons (Fsp3) is 0.214. The first-order chi connectivity index (χ1) is 18.5. The molecule has 5 aromatic rings. The number of nitrogens with zero attached hydrogens (tertiary/aromatic N) is 6. The lowest BCUT2D eigenvalue weighted by Crippen LogP contribution is -2.49. The number of ether oxygens (including phenoxy) is 2. The van der Waals surface area contributed by atoms with Crippen LogP contribution >= 0.6 is 11.6 Å². The van der Waals surface area contributed by atoms with Crippen molar-refractivity contribution >= 4 is 40.0 Å². The molecule has 9 nitrogen and oxygen atoms in total. The molecular weight excluding hydrogens is 504 g/mol. The molecule has 38 heavy (non-hydrogen) atoms. The van der Waals surface area contributed by atoms with Crippen LogP contribution in [0.15, 0.2) is 60.7 Å². The summed E-state index contributed by atoms with van der Waals surface area (Å²) in [5.74, 6) is 2.69. The third-order valence-electron chi connectivity index (χ3n) is 7.03. The molecule has 190 valence electrons. The molecule has 0 aliphatic carbocycles. The number of benzene rings is 3. The van der Waals surface area contributed by atoms with E-state index < -0.39 is 0 Å². The van der Waals surface area contributed by atoms with Crippen LogP contribution in [0.3, 0.4) is 0 Å². The van der Waals surface area contributed by atoms with E-state index in [0.717, 1.165) is 39.4 Å². The second kappa shape index (κ2) is 8.88. The van der Waals surface area contributed by atoms with Crippen LogP contribution in [0.4, 0.5) is 5.95 Å². The SMILES string of the molecule is Cc1cccc(-c2nnc3c4ccc(Cl)cc4nc(N4CCN(C(=O)c5ccc6c(c5)OCO6)CC4)n23)c1. The molecule has 4 heterocycles. The van der Waals surface area contributed by atoms with E-state index in [1.165, 1.54) is 0 Å². The summed E-state index contributed by atoms with van der Waals surface area (Å²) in [6.07, 6.45) is 0. The number of carbonyl (C=O) groups is 1. The normalized spacial score (nSPS) is 15.0. The molecule has 1 amide bonds. The van der Waals surface area contributed by atoms with Crippen LogP contribution in [0.2, 0.25) is 5.02 Å². The van der Waals surface area contributed by atoms with Gasteiger partial charge in [0.2, 0.25) is 12.7 Å². The highest BCUT2D eigenvalue weighted by atomic mass is 35.5. The average molecular weight is 527 g/mol. The Morgan fingerprint density at radius 3 is 2.61 bits per heavy atom. The molecule has 1 fully saturated rings. The van der Waals surface area contributed by atoms with E-state index in [1.807, 2.05) is 39.6 Å². The maximum absolute atomic E-state index is 13.3. The number of aromatic nitrogens is 4. The molecule has 0 radical (unpaired) electrons. The standard InChI is InChI=1S/C28H23ClN6O3/c1-17-3-2-4-18(13-17)25-31-32-26-21-7-6-20(29)15-22(21)30-28(35(25)26)34-11-9-33(10-12-34)27(36)19-5-8-23-24(14-19)38-16-37-23/h2-8,13-15H,9-12,16H2,1H3. The number of aryl methyl sites for hydroxylation is 1. The minimum atomic E-state index is -0.0314. The van der Waals surface area contributed by atoms with Crippen LogP contribution in [-0.4, -0.2) is 63.4 Å². The highest BCUT2D eigenvalue weighted by Gasteiger charge is 2.27. The Bertz CT molecular complexity index is 1730. The van der Waals surface area contributed by atoms with E-state index in [4.69, 9.17) is 26.1 Å². The van der Waals surface area contributed by atoms with Gasteiger partial charge in [-0.3, -0.25) is 4.79 Å². The van der Waals surface area contributed by atoms with Gasteiger partial charge in [0, 0.05) is 47.7 Å². The Balaban J connectivity index is 1.24. The highest BCUT2D eigenvalue weighted by molar-refractivity contribution is 6.31. The number of rotatable bonds is 3. The lowest BCUT2D eigenvalue weighted by atomic mass is 10.1. The minimum Gasteiger partial charge on any atom is -0.454 e. The number of carbonyl (C=O) groups excluding carboxylic acids is 1. The van der Waals surface area contributed by atoms with Crippen LogP contribution in [0.25, 0.3) is 27.9 Å². The Hall–Kier alpha value is -4.37. The Morgan fingerprint density at radius 2 is 1.76 bits per heavy atom. The lowest BCUT2D eigenvalue weighted by Gasteiger charge is -2.35. The van der Waals surface area contributed by atoms with E-state index in [9.17, 15) is 4.79 Å². The zero-order valence-corrected chi connectivity index (χ0v) is 21.4. The van der Waals surface area contributed by atoms with Gasteiger partial charge in [0.15, 0.2) is 23.0 Å². The topological polar surface area (TPSA) is 85.1 Å². The number of anilines is 1. The summed E-state index contributed by atoms with van der Waals surface area (Å²) in [4.78, 5) is 22.3. The molecule has 7 rings (SSSR count). The van der Waals surface area contributed by atoms with E-state index in [1.54, 1.807) is 18.2 Å². The van der Waals surface area contributed by atoms with Crippen molar-refractivity contribution in [1.29, 1.82) is 0 Å². The van der Waals surface area contributed by atoms with Gasteiger partial charge in [-0.1, -0.05) is 35.4 Å². The summed E-state index contributed by atoms with van der Waals surface area (Å²) < 4.78 is 12.8. The van der Waals surface area contributed by atoms with E-state index >= 15 is 0 Å². The summed E-state index contributed by atoms with van der Waals surface area (Å²) >= 11 is 6.32. The van der Waals surface area contributed by atoms with Gasteiger partial charge < -0.3 is 19.3 Å². The number of hydrogen-bond donors (Lipinski definition) is 0. The molecule has 0 saturated carbocycles. The zero-order chi connectivity index (χ0) is 25.8. The van der Waals surface area contributed by atoms with Gasteiger partial charge in [-0.05, 0) is 49.4 Å². The van der Waals surface area contributed by atoms with Crippen LogP contribution in [-0.2, 0) is 0 Å². The number of amides is 1. The Kier molecular flexibility index (Phi) is 5.33. The first kappa shape index (κ1) is 22.8. The van der Waals surface area contributed by atoms with Gasteiger partial charge in [-0.2, -0.15) is 0 Å². The molecule has 0 spiro atoms. The summed E-state index contributed by atoms with van der Waals surface area (Å²) in [7, 11) is 0. The summed E-state index contributed by atoms with van der Waals surface area (Å²) in [5, 5.41) is 10.6. The summed E-state index contributed by atoms with van der Waals surface area (Å²) in [5.41, 5.74) is 4.16. The van der Waals surface area contributed by atoms with Crippen LogP contribution in [0, 0.1) is 6.92 Å². The van der Waals surface area contributed by atoms with Gasteiger partial charge in [0.1, 0.15) is 0 Å². The number of halogens is 1. The largest absolute Gasteiger partial charge is 0.454 e. The summed E-state index contributed by atoms with van der Waals surface area (Å²) in [6.45, 7) is 4.54. The van der Waals surface area contributed by atoms with Crippen molar-refractivity contribution in [3.8, 4) is 22.9 Å². The molecule has 0 bridgehead atoms. The second-order valence-electron chi connectivity index (χ2n) is 9.47. The van der Waals surface area contributed by atoms with E-state index in [0.29, 0.717) is 48.3 Å². The van der Waals surface area contributed by atoms with Crippen molar-refractivity contribution in [2.24, 2.45) is 0 Å². The Morgan fingerprint density at radius 1 is 0.921 bits per heavy atom. The van der Waals surface area contributed by atoms with Crippen molar-refractivity contribution in [2.75, 3.05) is 37.9 Å². The maximum Gasteiger partial charge on any atom is 0.254 e. The van der Waals surface area contributed by atoms with Gasteiger partial charge in [-0.15, -0.1) is 10.2 Å².